The quantitative estimate of drug-likeness (QED) is 0.594. The second-order valence-corrected chi connectivity index (χ2v) is 4.88. The monoisotopic (exact) mass is 248 g/mol. The van der Waals surface area contributed by atoms with Gasteiger partial charge in [0, 0.05) is 17.8 Å². The Labute approximate surface area is 110 Å². The minimum absolute atomic E-state index is 0.0810. The van der Waals surface area contributed by atoms with Gasteiger partial charge in [-0.05, 0) is 37.5 Å². The molecule has 0 aliphatic heterocycles. The highest BCUT2D eigenvalue weighted by Gasteiger charge is 2.06. The summed E-state index contributed by atoms with van der Waals surface area (Å²) in [6.45, 7) is 6.12. The first kappa shape index (κ1) is 14.6. The summed E-state index contributed by atoms with van der Waals surface area (Å²) in [6, 6.07) is 3.84. The zero-order valence-corrected chi connectivity index (χ0v) is 11.7. The van der Waals surface area contributed by atoms with Crippen molar-refractivity contribution in [2.75, 3.05) is 11.1 Å². The summed E-state index contributed by atoms with van der Waals surface area (Å²) in [5.74, 6) is 0.0810. The number of nitrogen functional groups attached to an aromatic ring is 1. The van der Waals surface area contributed by atoms with E-state index >= 15 is 0 Å². The fraction of sp³-hybridized carbons (Fsp3) is 0.533. The first-order valence-electron chi connectivity index (χ1n) is 6.71. The summed E-state index contributed by atoms with van der Waals surface area (Å²) in [6.07, 6.45) is 5.06. The second kappa shape index (κ2) is 7.04. The Hall–Kier alpha value is -1.51. The molecule has 1 aromatic rings. The molecule has 3 heteroatoms. The maximum atomic E-state index is 11.8. The summed E-state index contributed by atoms with van der Waals surface area (Å²) in [5, 5.41) is 2.94. The van der Waals surface area contributed by atoms with Crippen LogP contribution in [0.15, 0.2) is 12.1 Å². The molecule has 0 fully saturated rings. The van der Waals surface area contributed by atoms with Gasteiger partial charge in [0.1, 0.15) is 0 Å². The van der Waals surface area contributed by atoms with Gasteiger partial charge in [-0.2, -0.15) is 0 Å². The van der Waals surface area contributed by atoms with Crippen LogP contribution < -0.4 is 11.1 Å². The topological polar surface area (TPSA) is 55.1 Å². The van der Waals surface area contributed by atoms with Gasteiger partial charge >= 0.3 is 0 Å². The zero-order chi connectivity index (χ0) is 13.5. The number of unbranched alkanes of at least 4 members (excludes halogenated alkanes) is 3. The van der Waals surface area contributed by atoms with Crippen molar-refractivity contribution in [2.24, 2.45) is 0 Å². The second-order valence-electron chi connectivity index (χ2n) is 4.88. The summed E-state index contributed by atoms with van der Waals surface area (Å²) < 4.78 is 0. The lowest BCUT2D eigenvalue weighted by Gasteiger charge is -2.11. The van der Waals surface area contributed by atoms with E-state index in [1.165, 1.54) is 12.8 Å². The van der Waals surface area contributed by atoms with Crippen molar-refractivity contribution < 1.29 is 4.79 Å². The van der Waals surface area contributed by atoms with Gasteiger partial charge < -0.3 is 11.1 Å². The average Bonchev–Trinajstić information content (AvgIpc) is 2.32. The Balaban J connectivity index is 2.51. The molecule has 3 N–H and O–H groups in total. The smallest absolute Gasteiger partial charge is 0.224 e. The fourth-order valence-corrected chi connectivity index (χ4v) is 1.93. The highest BCUT2D eigenvalue weighted by Crippen LogP contribution is 2.22. The number of amides is 1. The Morgan fingerprint density at radius 3 is 2.56 bits per heavy atom. The highest BCUT2D eigenvalue weighted by atomic mass is 16.1. The first-order valence-corrected chi connectivity index (χ1v) is 6.71. The average molecular weight is 248 g/mol. The third-order valence-electron chi connectivity index (χ3n) is 3.14. The molecule has 0 unspecified atom stereocenters. The lowest BCUT2D eigenvalue weighted by atomic mass is 10.1. The van der Waals surface area contributed by atoms with E-state index in [0.29, 0.717) is 6.42 Å². The summed E-state index contributed by atoms with van der Waals surface area (Å²) >= 11 is 0. The summed E-state index contributed by atoms with van der Waals surface area (Å²) in [5.41, 5.74) is 9.52. The summed E-state index contributed by atoms with van der Waals surface area (Å²) in [4.78, 5) is 11.8. The van der Waals surface area contributed by atoms with Crippen LogP contribution in [0.2, 0.25) is 0 Å². The molecule has 0 bridgehead atoms. The maximum absolute atomic E-state index is 11.8. The van der Waals surface area contributed by atoms with Crippen LogP contribution >= 0.6 is 0 Å². The zero-order valence-electron chi connectivity index (χ0n) is 11.7. The molecular formula is C15H24N2O. The van der Waals surface area contributed by atoms with Gasteiger partial charge in [-0.3, -0.25) is 4.79 Å². The van der Waals surface area contributed by atoms with Gasteiger partial charge in [-0.1, -0.05) is 32.3 Å². The molecular weight excluding hydrogens is 224 g/mol. The predicted molar refractivity (Wildman–Crippen MR) is 77.7 cm³/mol. The number of hydrogen-bond acceptors (Lipinski definition) is 2. The molecule has 0 aromatic heterocycles. The molecule has 0 radical (unpaired) electrons. The largest absolute Gasteiger partial charge is 0.398 e. The molecule has 0 atom stereocenters. The van der Waals surface area contributed by atoms with Crippen molar-refractivity contribution in [3.8, 4) is 0 Å². The normalized spacial score (nSPS) is 10.4. The van der Waals surface area contributed by atoms with Crippen molar-refractivity contribution in [3.05, 3.63) is 23.3 Å². The molecule has 0 spiro atoms. The van der Waals surface area contributed by atoms with E-state index in [0.717, 1.165) is 35.3 Å². The number of nitrogens with two attached hydrogens (primary N) is 1. The lowest BCUT2D eigenvalue weighted by molar-refractivity contribution is -0.116. The van der Waals surface area contributed by atoms with Crippen LogP contribution in [0.25, 0.3) is 0 Å². The van der Waals surface area contributed by atoms with Crippen molar-refractivity contribution in [1.82, 2.24) is 0 Å². The van der Waals surface area contributed by atoms with Gasteiger partial charge in [-0.15, -0.1) is 0 Å². The predicted octanol–water partition coefficient (Wildman–Crippen LogP) is 3.79. The SMILES string of the molecule is CCCCCCC(=O)Nc1cc(N)c(C)cc1C. The van der Waals surface area contributed by atoms with Crippen LogP contribution in [0.1, 0.15) is 50.2 Å². The van der Waals surface area contributed by atoms with E-state index in [1.54, 1.807) is 0 Å². The minimum atomic E-state index is 0.0810. The molecule has 0 saturated carbocycles. The molecule has 1 rings (SSSR count). The molecule has 0 saturated heterocycles. The third-order valence-corrected chi connectivity index (χ3v) is 3.14. The Morgan fingerprint density at radius 1 is 1.17 bits per heavy atom. The van der Waals surface area contributed by atoms with Crippen LogP contribution in [0, 0.1) is 13.8 Å². The van der Waals surface area contributed by atoms with E-state index < -0.39 is 0 Å². The molecule has 18 heavy (non-hydrogen) atoms. The minimum Gasteiger partial charge on any atom is -0.398 e. The van der Waals surface area contributed by atoms with Gasteiger partial charge in [0.25, 0.3) is 0 Å². The Morgan fingerprint density at radius 2 is 1.89 bits per heavy atom. The number of benzene rings is 1. The van der Waals surface area contributed by atoms with E-state index in [-0.39, 0.29) is 5.91 Å². The van der Waals surface area contributed by atoms with Gasteiger partial charge in [0.15, 0.2) is 0 Å². The number of aryl methyl sites for hydroxylation is 2. The molecule has 3 nitrogen and oxygen atoms in total. The van der Waals surface area contributed by atoms with Gasteiger partial charge in [0.2, 0.25) is 5.91 Å². The van der Waals surface area contributed by atoms with Crippen LogP contribution in [0.3, 0.4) is 0 Å². The fourth-order valence-electron chi connectivity index (χ4n) is 1.93. The van der Waals surface area contributed by atoms with E-state index in [9.17, 15) is 4.79 Å². The van der Waals surface area contributed by atoms with Gasteiger partial charge in [-0.25, -0.2) is 0 Å². The molecule has 0 aliphatic rings. The number of carbonyl (C=O) groups excluding carboxylic acids is 1. The number of nitrogens with one attached hydrogen (secondary N) is 1. The van der Waals surface area contributed by atoms with Gasteiger partial charge in [0.05, 0.1) is 0 Å². The third kappa shape index (κ3) is 4.40. The lowest BCUT2D eigenvalue weighted by Crippen LogP contribution is -2.12. The van der Waals surface area contributed by atoms with Crippen LogP contribution in [0.4, 0.5) is 11.4 Å². The number of carbonyl (C=O) groups is 1. The van der Waals surface area contributed by atoms with Crippen LogP contribution in [-0.4, -0.2) is 5.91 Å². The van der Waals surface area contributed by atoms with E-state index in [1.807, 2.05) is 26.0 Å². The molecule has 1 aromatic carbocycles. The number of rotatable bonds is 6. The van der Waals surface area contributed by atoms with Crippen molar-refractivity contribution in [3.63, 3.8) is 0 Å². The summed E-state index contributed by atoms with van der Waals surface area (Å²) in [7, 11) is 0. The van der Waals surface area contributed by atoms with Crippen molar-refractivity contribution in [2.45, 2.75) is 52.9 Å². The first-order chi connectivity index (χ1) is 8.54. The standard InChI is InChI=1S/C15H24N2O/c1-4-5-6-7-8-15(18)17-14-10-13(16)11(2)9-12(14)3/h9-10H,4-8,16H2,1-3H3,(H,17,18). The van der Waals surface area contributed by atoms with Crippen molar-refractivity contribution >= 4 is 17.3 Å². The Kier molecular flexibility index (Phi) is 5.69. The highest BCUT2D eigenvalue weighted by molar-refractivity contribution is 5.92. The van der Waals surface area contributed by atoms with E-state index in [2.05, 4.69) is 12.2 Å². The number of anilines is 2. The molecule has 0 aliphatic carbocycles. The Bertz CT molecular complexity index is 413. The molecule has 0 heterocycles. The van der Waals surface area contributed by atoms with E-state index in [4.69, 9.17) is 5.73 Å². The van der Waals surface area contributed by atoms with Crippen molar-refractivity contribution in [1.29, 1.82) is 0 Å². The molecule has 100 valence electrons. The maximum Gasteiger partial charge on any atom is 0.224 e. The number of hydrogen-bond donors (Lipinski definition) is 2. The molecule has 1 amide bonds. The van der Waals surface area contributed by atoms with Crippen LogP contribution in [-0.2, 0) is 4.79 Å². The van der Waals surface area contributed by atoms with Crippen LogP contribution in [0.5, 0.6) is 0 Å².